The van der Waals surface area contributed by atoms with Crippen molar-refractivity contribution < 1.29 is 14.3 Å². The Hall–Kier alpha value is -2.34. The van der Waals surface area contributed by atoms with Gasteiger partial charge in [0.15, 0.2) is 6.10 Å². The fraction of sp³-hybridized carbons (Fsp3) is 0.421. The number of rotatable bonds is 5. The van der Waals surface area contributed by atoms with Gasteiger partial charge < -0.3 is 10.1 Å². The summed E-state index contributed by atoms with van der Waals surface area (Å²) >= 11 is 6.36. The van der Waals surface area contributed by atoms with Crippen molar-refractivity contribution in [3.05, 3.63) is 46.7 Å². The number of para-hydroxylation sites is 1. The molecule has 2 aromatic rings. The molecule has 1 amide bonds. The van der Waals surface area contributed by atoms with E-state index in [1.807, 2.05) is 30.3 Å². The zero-order valence-corrected chi connectivity index (χ0v) is 15.6. The first-order valence-electron chi connectivity index (χ1n) is 8.79. The molecule has 1 aromatic heterocycles. The minimum atomic E-state index is -0.890. The van der Waals surface area contributed by atoms with E-state index in [0.29, 0.717) is 5.69 Å². The van der Waals surface area contributed by atoms with E-state index in [0.717, 1.165) is 31.4 Å². The fourth-order valence-corrected chi connectivity index (χ4v) is 3.48. The number of carbonyl (C=O) groups excluding carboxylic acids is 2. The van der Waals surface area contributed by atoms with Crippen LogP contribution in [0.1, 0.15) is 48.7 Å². The molecule has 0 bridgehead atoms. The average molecular weight is 376 g/mol. The van der Waals surface area contributed by atoms with Crippen LogP contribution in [0.15, 0.2) is 30.3 Å². The number of hydrogen-bond donors (Lipinski definition) is 1. The van der Waals surface area contributed by atoms with Crippen molar-refractivity contribution in [1.29, 1.82) is 0 Å². The molecule has 3 rings (SSSR count). The summed E-state index contributed by atoms with van der Waals surface area (Å²) < 4.78 is 6.81. The monoisotopic (exact) mass is 375 g/mol. The summed E-state index contributed by atoms with van der Waals surface area (Å²) in [5.41, 5.74) is 1.37. The molecule has 0 saturated heterocycles. The van der Waals surface area contributed by atoms with Gasteiger partial charge in [0.05, 0.1) is 11.4 Å². The molecule has 6 nitrogen and oxygen atoms in total. The molecular formula is C19H22ClN3O3. The first-order chi connectivity index (χ1) is 12.5. The summed E-state index contributed by atoms with van der Waals surface area (Å²) in [7, 11) is 0. The van der Waals surface area contributed by atoms with Gasteiger partial charge in [0, 0.05) is 6.04 Å². The van der Waals surface area contributed by atoms with Gasteiger partial charge in [0.25, 0.3) is 5.91 Å². The Balaban J connectivity index is 1.71. The van der Waals surface area contributed by atoms with Crippen molar-refractivity contribution in [1.82, 2.24) is 15.1 Å². The molecule has 1 N–H and O–H groups in total. The third kappa shape index (κ3) is 3.90. The van der Waals surface area contributed by atoms with Crippen LogP contribution in [0.4, 0.5) is 0 Å². The Morgan fingerprint density at radius 3 is 2.58 bits per heavy atom. The van der Waals surface area contributed by atoms with Crippen molar-refractivity contribution in [2.45, 2.75) is 51.7 Å². The van der Waals surface area contributed by atoms with Gasteiger partial charge in [-0.1, -0.05) is 42.6 Å². The van der Waals surface area contributed by atoms with E-state index in [1.165, 1.54) is 4.68 Å². The number of nitrogens with zero attached hydrogens (tertiary/aromatic N) is 2. The number of aromatic nitrogens is 2. The van der Waals surface area contributed by atoms with E-state index in [-0.39, 0.29) is 22.7 Å². The van der Waals surface area contributed by atoms with Crippen LogP contribution < -0.4 is 5.32 Å². The lowest BCUT2D eigenvalue weighted by molar-refractivity contribution is -0.129. The van der Waals surface area contributed by atoms with E-state index in [9.17, 15) is 9.59 Å². The maximum absolute atomic E-state index is 12.5. The van der Waals surface area contributed by atoms with Crippen LogP contribution in [-0.2, 0) is 9.53 Å². The lowest BCUT2D eigenvalue weighted by atomic mass is 10.2. The van der Waals surface area contributed by atoms with Gasteiger partial charge in [-0.2, -0.15) is 5.10 Å². The highest BCUT2D eigenvalue weighted by Gasteiger charge is 2.27. The minimum Gasteiger partial charge on any atom is -0.449 e. The van der Waals surface area contributed by atoms with Crippen LogP contribution in [0.5, 0.6) is 0 Å². The van der Waals surface area contributed by atoms with E-state index >= 15 is 0 Å². The molecule has 1 aliphatic rings. The second-order valence-corrected chi connectivity index (χ2v) is 6.89. The van der Waals surface area contributed by atoms with E-state index in [4.69, 9.17) is 16.3 Å². The summed E-state index contributed by atoms with van der Waals surface area (Å²) in [6.45, 7) is 3.25. The maximum Gasteiger partial charge on any atom is 0.344 e. The van der Waals surface area contributed by atoms with E-state index < -0.39 is 12.1 Å². The standard InChI is InChI=1S/C19H22ClN3O3/c1-12-16(17(20)23(22-12)15-10-4-3-5-11-15)19(25)26-13(2)18(24)21-14-8-6-7-9-14/h3-5,10-11,13-14H,6-9H2,1-2H3,(H,21,24)/t13-/m1/s1. The number of aryl methyl sites for hydroxylation is 1. The number of halogens is 1. The van der Waals surface area contributed by atoms with Gasteiger partial charge in [-0.25, -0.2) is 9.48 Å². The number of carbonyl (C=O) groups is 2. The van der Waals surface area contributed by atoms with Crippen molar-refractivity contribution in [3.8, 4) is 5.69 Å². The summed E-state index contributed by atoms with van der Waals surface area (Å²) in [4.78, 5) is 24.8. The number of hydrogen-bond acceptors (Lipinski definition) is 4. The summed E-state index contributed by atoms with van der Waals surface area (Å²) in [5.74, 6) is -0.932. The molecule has 0 spiro atoms. The summed E-state index contributed by atoms with van der Waals surface area (Å²) in [5, 5.41) is 7.41. The lowest BCUT2D eigenvalue weighted by Gasteiger charge is -2.17. The van der Waals surface area contributed by atoms with Crippen LogP contribution >= 0.6 is 11.6 Å². The van der Waals surface area contributed by atoms with Gasteiger partial charge in [0.2, 0.25) is 0 Å². The van der Waals surface area contributed by atoms with Crippen LogP contribution in [-0.4, -0.2) is 33.8 Å². The zero-order valence-electron chi connectivity index (χ0n) is 14.9. The molecule has 1 aromatic carbocycles. The summed E-state index contributed by atoms with van der Waals surface area (Å²) in [6, 6.07) is 9.45. The van der Waals surface area contributed by atoms with Crippen LogP contribution in [0, 0.1) is 6.92 Å². The first-order valence-corrected chi connectivity index (χ1v) is 9.17. The molecule has 26 heavy (non-hydrogen) atoms. The van der Waals surface area contributed by atoms with Gasteiger partial charge in [-0.05, 0) is 38.8 Å². The second-order valence-electron chi connectivity index (χ2n) is 6.54. The number of esters is 1. The Kier molecular flexibility index (Phi) is 5.61. The highest BCUT2D eigenvalue weighted by molar-refractivity contribution is 6.33. The van der Waals surface area contributed by atoms with Gasteiger partial charge in [-0.3, -0.25) is 4.79 Å². The molecule has 0 radical (unpaired) electrons. The Bertz CT molecular complexity index is 798. The van der Waals surface area contributed by atoms with Crippen molar-refractivity contribution in [3.63, 3.8) is 0 Å². The molecule has 1 saturated carbocycles. The van der Waals surface area contributed by atoms with Gasteiger partial charge in [0.1, 0.15) is 10.7 Å². The number of ether oxygens (including phenoxy) is 1. The summed E-state index contributed by atoms with van der Waals surface area (Å²) in [6.07, 6.45) is 3.29. The molecule has 1 fully saturated rings. The van der Waals surface area contributed by atoms with Gasteiger partial charge >= 0.3 is 5.97 Å². The third-order valence-corrected chi connectivity index (χ3v) is 4.91. The van der Waals surface area contributed by atoms with E-state index in [2.05, 4.69) is 10.4 Å². The highest BCUT2D eigenvalue weighted by atomic mass is 35.5. The maximum atomic E-state index is 12.5. The lowest BCUT2D eigenvalue weighted by Crippen LogP contribution is -2.40. The number of nitrogens with one attached hydrogen (secondary N) is 1. The number of benzene rings is 1. The first kappa shape index (κ1) is 18.5. The Labute approximate surface area is 157 Å². The molecule has 0 unspecified atom stereocenters. The quantitative estimate of drug-likeness (QED) is 0.812. The van der Waals surface area contributed by atoms with Gasteiger partial charge in [-0.15, -0.1) is 0 Å². The SMILES string of the molecule is Cc1nn(-c2ccccc2)c(Cl)c1C(=O)O[C@H](C)C(=O)NC1CCCC1. The molecule has 1 aliphatic carbocycles. The second kappa shape index (κ2) is 7.91. The fourth-order valence-electron chi connectivity index (χ4n) is 3.13. The largest absolute Gasteiger partial charge is 0.449 e. The average Bonchev–Trinajstić information content (AvgIpc) is 3.23. The molecular weight excluding hydrogens is 354 g/mol. The smallest absolute Gasteiger partial charge is 0.344 e. The third-order valence-electron chi connectivity index (χ3n) is 4.56. The Morgan fingerprint density at radius 1 is 1.27 bits per heavy atom. The van der Waals surface area contributed by atoms with Crippen molar-refractivity contribution >= 4 is 23.5 Å². The topological polar surface area (TPSA) is 73.2 Å². The molecule has 1 atom stereocenters. The Morgan fingerprint density at radius 2 is 1.92 bits per heavy atom. The minimum absolute atomic E-state index is 0.169. The molecule has 1 heterocycles. The predicted molar refractivity (Wildman–Crippen MR) is 98.6 cm³/mol. The number of amides is 1. The van der Waals surface area contributed by atoms with Crippen molar-refractivity contribution in [2.24, 2.45) is 0 Å². The van der Waals surface area contributed by atoms with Crippen molar-refractivity contribution in [2.75, 3.05) is 0 Å². The normalized spacial score (nSPS) is 15.7. The van der Waals surface area contributed by atoms with Crippen LogP contribution in [0.2, 0.25) is 5.15 Å². The molecule has 0 aliphatic heterocycles. The van der Waals surface area contributed by atoms with Crippen LogP contribution in [0.25, 0.3) is 5.69 Å². The highest BCUT2D eigenvalue weighted by Crippen LogP contribution is 2.25. The van der Waals surface area contributed by atoms with Crippen LogP contribution in [0.3, 0.4) is 0 Å². The molecule has 138 valence electrons. The van der Waals surface area contributed by atoms with E-state index in [1.54, 1.807) is 13.8 Å². The zero-order chi connectivity index (χ0) is 18.7. The predicted octanol–water partition coefficient (Wildman–Crippen LogP) is 3.44. The molecule has 7 heteroatoms.